The molecule has 1 amide bonds. The number of carbonyl (C=O) groups excluding carboxylic acids is 1. The average molecular weight is 370 g/mol. The number of hydrogen-bond acceptors (Lipinski definition) is 4. The van der Waals surface area contributed by atoms with E-state index in [0.29, 0.717) is 35.0 Å². The van der Waals surface area contributed by atoms with Gasteiger partial charge in [-0.1, -0.05) is 48.5 Å². The highest BCUT2D eigenvalue weighted by atomic mass is 16.4. The van der Waals surface area contributed by atoms with Gasteiger partial charge in [0.15, 0.2) is 0 Å². The zero-order chi connectivity index (χ0) is 19.3. The smallest absolute Gasteiger partial charge is 0.347 e. The van der Waals surface area contributed by atoms with Crippen molar-refractivity contribution in [3.8, 4) is 11.5 Å². The standard InChI is InChI=1S/C23H18N2O3/c26-21(14-13-16-7-2-1-3-8-16)24-18-10-6-9-17(15-18)22-25-20-12-5-4-11-19(20)23(27)28-22/h1-12,15H,13-14H2,(H,24,26). The molecule has 1 heterocycles. The van der Waals surface area contributed by atoms with Crippen LogP contribution in [0.25, 0.3) is 22.4 Å². The van der Waals surface area contributed by atoms with Crippen molar-refractivity contribution in [2.75, 3.05) is 5.32 Å². The molecule has 0 bridgehead atoms. The summed E-state index contributed by atoms with van der Waals surface area (Å²) < 4.78 is 5.36. The van der Waals surface area contributed by atoms with Crippen molar-refractivity contribution in [2.24, 2.45) is 0 Å². The van der Waals surface area contributed by atoms with Gasteiger partial charge in [0, 0.05) is 17.7 Å². The van der Waals surface area contributed by atoms with Gasteiger partial charge in [-0.15, -0.1) is 0 Å². The minimum Gasteiger partial charge on any atom is -0.403 e. The zero-order valence-electron chi connectivity index (χ0n) is 15.1. The molecule has 1 aromatic heterocycles. The number of benzene rings is 3. The molecule has 0 spiro atoms. The second-order valence-electron chi connectivity index (χ2n) is 6.44. The molecule has 0 saturated carbocycles. The molecule has 0 fully saturated rings. The SMILES string of the molecule is O=C(CCc1ccccc1)Nc1cccc(-c2nc3ccccc3c(=O)o2)c1. The van der Waals surface area contributed by atoms with Crippen LogP contribution in [-0.2, 0) is 11.2 Å². The molecule has 138 valence electrons. The fourth-order valence-electron chi connectivity index (χ4n) is 3.00. The molecule has 5 heteroatoms. The molecular weight excluding hydrogens is 352 g/mol. The summed E-state index contributed by atoms with van der Waals surface area (Å²) in [6.07, 6.45) is 1.06. The van der Waals surface area contributed by atoms with Crippen LogP contribution in [0.3, 0.4) is 0 Å². The normalized spacial score (nSPS) is 10.7. The van der Waals surface area contributed by atoms with Crippen LogP contribution >= 0.6 is 0 Å². The van der Waals surface area contributed by atoms with Crippen molar-refractivity contribution in [1.29, 1.82) is 0 Å². The molecule has 5 nitrogen and oxygen atoms in total. The number of hydrogen-bond donors (Lipinski definition) is 1. The Hall–Kier alpha value is -3.73. The zero-order valence-corrected chi connectivity index (χ0v) is 15.1. The van der Waals surface area contributed by atoms with Crippen LogP contribution in [-0.4, -0.2) is 10.9 Å². The second-order valence-corrected chi connectivity index (χ2v) is 6.44. The number of amides is 1. The monoisotopic (exact) mass is 370 g/mol. The lowest BCUT2D eigenvalue weighted by molar-refractivity contribution is -0.116. The fraction of sp³-hybridized carbons (Fsp3) is 0.0870. The number of aromatic nitrogens is 1. The van der Waals surface area contributed by atoms with Crippen LogP contribution in [0.1, 0.15) is 12.0 Å². The van der Waals surface area contributed by atoms with E-state index in [2.05, 4.69) is 10.3 Å². The van der Waals surface area contributed by atoms with Crippen LogP contribution in [0.15, 0.2) is 88.1 Å². The van der Waals surface area contributed by atoms with Gasteiger partial charge in [-0.3, -0.25) is 4.79 Å². The summed E-state index contributed by atoms with van der Waals surface area (Å²) in [5.41, 5.74) is 2.52. The molecule has 0 unspecified atom stereocenters. The maximum atomic E-state index is 12.3. The van der Waals surface area contributed by atoms with Gasteiger partial charge >= 0.3 is 5.63 Å². The molecule has 0 aliphatic carbocycles. The first-order valence-corrected chi connectivity index (χ1v) is 9.03. The highest BCUT2D eigenvalue weighted by molar-refractivity contribution is 5.91. The summed E-state index contributed by atoms with van der Waals surface area (Å²) in [4.78, 5) is 28.9. The number of nitrogens with zero attached hydrogens (tertiary/aromatic N) is 1. The Kier molecular flexibility index (Phi) is 4.97. The van der Waals surface area contributed by atoms with Crippen molar-refractivity contribution in [3.05, 3.63) is 94.8 Å². The van der Waals surface area contributed by atoms with E-state index in [1.54, 1.807) is 42.5 Å². The summed E-state index contributed by atoms with van der Waals surface area (Å²) in [6, 6.07) is 24.0. The van der Waals surface area contributed by atoms with E-state index in [9.17, 15) is 9.59 Å². The predicted molar refractivity (Wildman–Crippen MR) is 109 cm³/mol. The van der Waals surface area contributed by atoms with Crippen molar-refractivity contribution >= 4 is 22.5 Å². The first kappa shape index (κ1) is 17.7. The van der Waals surface area contributed by atoms with Crippen LogP contribution in [0.2, 0.25) is 0 Å². The summed E-state index contributed by atoms with van der Waals surface area (Å²) in [5.74, 6) is 0.151. The van der Waals surface area contributed by atoms with E-state index < -0.39 is 5.63 Å². The fourth-order valence-corrected chi connectivity index (χ4v) is 3.00. The van der Waals surface area contributed by atoms with E-state index in [0.717, 1.165) is 5.56 Å². The predicted octanol–water partition coefficient (Wildman–Crippen LogP) is 4.43. The molecule has 1 N–H and O–H groups in total. The maximum absolute atomic E-state index is 12.3. The van der Waals surface area contributed by atoms with Crippen molar-refractivity contribution in [1.82, 2.24) is 4.98 Å². The topological polar surface area (TPSA) is 72.2 Å². The van der Waals surface area contributed by atoms with Gasteiger partial charge < -0.3 is 9.73 Å². The number of aryl methyl sites for hydroxylation is 1. The van der Waals surface area contributed by atoms with Gasteiger partial charge in [-0.2, -0.15) is 0 Å². The lowest BCUT2D eigenvalue weighted by Gasteiger charge is -2.07. The first-order valence-electron chi connectivity index (χ1n) is 9.03. The Bertz CT molecular complexity index is 1180. The molecule has 0 aliphatic rings. The van der Waals surface area contributed by atoms with Gasteiger partial charge in [0.1, 0.15) is 0 Å². The Morgan fingerprint density at radius 2 is 1.71 bits per heavy atom. The first-order chi connectivity index (χ1) is 13.7. The Balaban J connectivity index is 1.52. The summed E-state index contributed by atoms with van der Waals surface area (Å²) in [5, 5.41) is 3.33. The maximum Gasteiger partial charge on any atom is 0.347 e. The third-order valence-electron chi connectivity index (χ3n) is 4.41. The van der Waals surface area contributed by atoms with Crippen molar-refractivity contribution < 1.29 is 9.21 Å². The Labute approximate surface area is 161 Å². The molecule has 0 atom stereocenters. The van der Waals surface area contributed by atoms with Crippen LogP contribution in [0, 0.1) is 0 Å². The van der Waals surface area contributed by atoms with Gasteiger partial charge in [0.05, 0.1) is 10.9 Å². The largest absolute Gasteiger partial charge is 0.403 e. The number of rotatable bonds is 5. The summed E-state index contributed by atoms with van der Waals surface area (Å²) in [6.45, 7) is 0. The highest BCUT2D eigenvalue weighted by Crippen LogP contribution is 2.22. The number of nitrogens with one attached hydrogen (secondary N) is 1. The lowest BCUT2D eigenvalue weighted by atomic mass is 10.1. The number of anilines is 1. The van der Waals surface area contributed by atoms with E-state index >= 15 is 0 Å². The second kappa shape index (κ2) is 7.88. The molecule has 4 aromatic rings. The number of fused-ring (bicyclic) bond motifs is 1. The van der Waals surface area contributed by atoms with Crippen LogP contribution in [0.4, 0.5) is 5.69 Å². The molecular formula is C23H18N2O3. The Morgan fingerprint density at radius 3 is 2.57 bits per heavy atom. The van der Waals surface area contributed by atoms with E-state index in [1.165, 1.54) is 0 Å². The van der Waals surface area contributed by atoms with Gasteiger partial charge in [0.2, 0.25) is 11.8 Å². The van der Waals surface area contributed by atoms with Crippen molar-refractivity contribution in [3.63, 3.8) is 0 Å². The molecule has 0 saturated heterocycles. The van der Waals surface area contributed by atoms with Gasteiger partial charge in [-0.05, 0) is 42.3 Å². The van der Waals surface area contributed by atoms with Gasteiger partial charge in [-0.25, -0.2) is 9.78 Å². The molecule has 4 rings (SSSR count). The highest BCUT2D eigenvalue weighted by Gasteiger charge is 2.10. The van der Waals surface area contributed by atoms with E-state index in [-0.39, 0.29) is 11.8 Å². The van der Waals surface area contributed by atoms with Crippen LogP contribution in [0.5, 0.6) is 0 Å². The van der Waals surface area contributed by atoms with E-state index in [1.807, 2.05) is 36.4 Å². The van der Waals surface area contributed by atoms with Crippen molar-refractivity contribution in [2.45, 2.75) is 12.8 Å². The van der Waals surface area contributed by atoms with Crippen LogP contribution < -0.4 is 10.9 Å². The molecule has 0 aliphatic heterocycles. The summed E-state index contributed by atoms with van der Waals surface area (Å²) in [7, 11) is 0. The number of carbonyl (C=O) groups is 1. The lowest BCUT2D eigenvalue weighted by Crippen LogP contribution is -2.12. The average Bonchev–Trinajstić information content (AvgIpc) is 2.73. The minimum absolute atomic E-state index is 0.0751. The molecule has 28 heavy (non-hydrogen) atoms. The quantitative estimate of drug-likeness (QED) is 0.564. The minimum atomic E-state index is -0.433. The Morgan fingerprint density at radius 1 is 0.929 bits per heavy atom. The molecule has 0 radical (unpaired) electrons. The summed E-state index contributed by atoms with van der Waals surface area (Å²) >= 11 is 0. The third kappa shape index (κ3) is 3.99. The van der Waals surface area contributed by atoms with E-state index in [4.69, 9.17) is 4.42 Å². The third-order valence-corrected chi connectivity index (χ3v) is 4.41. The molecule has 3 aromatic carbocycles. The number of para-hydroxylation sites is 1. The van der Waals surface area contributed by atoms with Gasteiger partial charge in [0.25, 0.3) is 0 Å².